The van der Waals surface area contributed by atoms with E-state index in [4.69, 9.17) is 0 Å². The molecule has 0 amide bonds. The molecule has 0 aliphatic carbocycles. The first-order valence-corrected chi connectivity index (χ1v) is 11.0. The second-order valence-electron chi connectivity index (χ2n) is 7.49. The van der Waals surface area contributed by atoms with Gasteiger partial charge in [-0.1, -0.05) is 13.8 Å². The first kappa shape index (κ1) is 19.6. The van der Waals surface area contributed by atoms with Crippen LogP contribution in [0.25, 0.3) is 0 Å². The molecule has 1 atom stereocenters. The average molecular weight is 392 g/mol. The molecule has 7 heteroatoms. The van der Waals surface area contributed by atoms with Crippen LogP contribution in [0.3, 0.4) is 0 Å². The Hall–Kier alpha value is -2.15. The number of halogens is 1. The highest BCUT2D eigenvalue weighted by Crippen LogP contribution is 2.29. The van der Waals surface area contributed by atoms with Crippen molar-refractivity contribution in [3.63, 3.8) is 0 Å². The summed E-state index contributed by atoms with van der Waals surface area (Å²) in [5, 5.41) is 0. The molecule has 1 aliphatic rings. The van der Waals surface area contributed by atoms with Crippen molar-refractivity contribution in [3.05, 3.63) is 48.0 Å². The van der Waals surface area contributed by atoms with E-state index >= 15 is 0 Å². The zero-order valence-corrected chi connectivity index (χ0v) is 17.0. The molecule has 0 spiro atoms. The highest BCUT2D eigenvalue weighted by molar-refractivity contribution is 7.90. The van der Waals surface area contributed by atoms with E-state index in [-0.39, 0.29) is 10.9 Å². The summed E-state index contributed by atoms with van der Waals surface area (Å²) in [5.74, 6) is -0.302. The fourth-order valence-corrected chi connectivity index (χ4v) is 4.37. The first-order chi connectivity index (χ1) is 12.7. The van der Waals surface area contributed by atoms with Gasteiger partial charge in [-0.3, -0.25) is 4.98 Å². The summed E-state index contributed by atoms with van der Waals surface area (Å²) >= 11 is 0. The lowest BCUT2D eigenvalue weighted by Gasteiger charge is -2.45. The van der Waals surface area contributed by atoms with Crippen molar-refractivity contribution in [1.29, 1.82) is 0 Å². The lowest BCUT2D eigenvalue weighted by Crippen LogP contribution is -2.55. The van der Waals surface area contributed by atoms with E-state index in [1.807, 2.05) is 19.2 Å². The van der Waals surface area contributed by atoms with Gasteiger partial charge in [0.2, 0.25) is 0 Å². The number of benzene rings is 1. The van der Waals surface area contributed by atoms with Crippen LogP contribution in [-0.4, -0.2) is 45.3 Å². The van der Waals surface area contributed by atoms with Gasteiger partial charge in [-0.05, 0) is 43.2 Å². The minimum atomic E-state index is -3.60. The maximum Gasteiger partial charge on any atom is 0.178 e. The number of sulfone groups is 1. The number of rotatable bonds is 4. The third-order valence-electron chi connectivity index (χ3n) is 5.08. The molecule has 3 rings (SSSR count). The maximum absolute atomic E-state index is 13.9. The van der Waals surface area contributed by atoms with Crippen LogP contribution in [0.5, 0.6) is 0 Å². The van der Waals surface area contributed by atoms with Gasteiger partial charge >= 0.3 is 0 Å². The Labute approximate surface area is 160 Å². The second kappa shape index (κ2) is 7.46. The lowest BCUT2D eigenvalue weighted by atomic mass is 9.98. The van der Waals surface area contributed by atoms with E-state index in [0.717, 1.165) is 43.0 Å². The van der Waals surface area contributed by atoms with Crippen LogP contribution in [0.4, 0.5) is 15.8 Å². The van der Waals surface area contributed by atoms with Crippen molar-refractivity contribution in [1.82, 2.24) is 4.98 Å². The van der Waals surface area contributed by atoms with Gasteiger partial charge in [0.15, 0.2) is 9.84 Å². The molecule has 0 saturated carbocycles. The van der Waals surface area contributed by atoms with Gasteiger partial charge < -0.3 is 9.80 Å². The molecule has 2 heterocycles. The summed E-state index contributed by atoms with van der Waals surface area (Å²) < 4.78 is 37.7. The minimum Gasteiger partial charge on any atom is -0.368 e. The Morgan fingerprint density at radius 3 is 2.52 bits per heavy atom. The van der Waals surface area contributed by atoms with Crippen LogP contribution >= 0.6 is 0 Å². The largest absolute Gasteiger partial charge is 0.368 e. The highest BCUT2D eigenvalue weighted by atomic mass is 32.2. The van der Waals surface area contributed by atoms with Crippen molar-refractivity contribution in [2.75, 3.05) is 35.7 Å². The number of hydrogen-bond donors (Lipinski definition) is 0. The summed E-state index contributed by atoms with van der Waals surface area (Å²) in [6.45, 7) is 8.63. The molecule has 0 bridgehead atoms. The number of aromatic nitrogens is 1. The van der Waals surface area contributed by atoms with E-state index in [1.165, 1.54) is 12.1 Å². The maximum atomic E-state index is 13.9. The number of piperazine rings is 1. The van der Waals surface area contributed by atoms with Gasteiger partial charge in [-0.25, -0.2) is 12.8 Å². The Balaban J connectivity index is 1.89. The van der Waals surface area contributed by atoms with Crippen molar-refractivity contribution >= 4 is 21.2 Å². The van der Waals surface area contributed by atoms with Gasteiger partial charge in [0.25, 0.3) is 0 Å². The van der Waals surface area contributed by atoms with Crippen LogP contribution in [0.1, 0.15) is 19.5 Å². The van der Waals surface area contributed by atoms with Crippen LogP contribution < -0.4 is 9.80 Å². The van der Waals surface area contributed by atoms with E-state index < -0.39 is 15.7 Å². The number of hydrogen-bond acceptors (Lipinski definition) is 5. The third-order valence-corrected chi connectivity index (χ3v) is 6.19. The fraction of sp³-hybridized carbons (Fsp3) is 0.450. The molecule has 1 saturated heterocycles. The van der Waals surface area contributed by atoms with Gasteiger partial charge in [0, 0.05) is 55.2 Å². The van der Waals surface area contributed by atoms with Crippen molar-refractivity contribution in [2.24, 2.45) is 5.92 Å². The molecule has 146 valence electrons. The fourth-order valence-electron chi connectivity index (χ4n) is 3.62. The monoisotopic (exact) mass is 391 g/mol. The zero-order valence-electron chi connectivity index (χ0n) is 16.2. The molecule has 2 aromatic rings. The number of aryl methyl sites for hydroxylation is 1. The molecule has 27 heavy (non-hydrogen) atoms. The van der Waals surface area contributed by atoms with Gasteiger partial charge in [0.05, 0.1) is 0 Å². The Morgan fingerprint density at radius 1 is 1.15 bits per heavy atom. The second-order valence-corrected chi connectivity index (χ2v) is 9.48. The van der Waals surface area contributed by atoms with Gasteiger partial charge in [-0.2, -0.15) is 0 Å². The molecule has 1 fully saturated rings. The lowest BCUT2D eigenvalue weighted by molar-refractivity contribution is 0.418. The van der Waals surface area contributed by atoms with Crippen LogP contribution in [0.15, 0.2) is 41.4 Å². The first-order valence-electron chi connectivity index (χ1n) is 9.10. The number of anilines is 2. The van der Waals surface area contributed by atoms with E-state index in [9.17, 15) is 12.8 Å². The minimum absolute atomic E-state index is 0.242. The van der Waals surface area contributed by atoms with E-state index in [1.54, 1.807) is 6.07 Å². The number of nitrogens with zero attached hydrogens (tertiary/aromatic N) is 3. The zero-order chi connectivity index (χ0) is 19.8. The van der Waals surface area contributed by atoms with Crippen molar-refractivity contribution < 1.29 is 12.8 Å². The molecule has 0 unspecified atom stereocenters. The smallest absolute Gasteiger partial charge is 0.178 e. The topological polar surface area (TPSA) is 53.5 Å². The van der Waals surface area contributed by atoms with Crippen LogP contribution in [0.2, 0.25) is 0 Å². The molecule has 0 N–H and O–H groups in total. The average Bonchev–Trinajstić information content (AvgIpc) is 2.60. The third kappa shape index (κ3) is 4.24. The molecule has 5 nitrogen and oxygen atoms in total. The Bertz CT molecular complexity index is 931. The highest BCUT2D eigenvalue weighted by Gasteiger charge is 2.30. The number of pyridine rings is 1. The van der Waals surface area contributed by atoms with Gasteiger partial charge in [0.1, 0.15) is 10.7 Å². The molecule has 0 radical (unpaired) electrons. The summed E-state index contributed by atoms with van der Waals surface area (Å²) in [5.41, 5.74) is 2.87. The SMILES string of the molecule is Cc1cc(N2CCN(c3ccc(F)c(S(C)(=O)=O)c3)C[C@H]2C(C)C)ccn1. The van der Waals surface area contributed by atoms with Crippen molar-refractivity contribution in [2.45, 2.75) is 31.7 Å². The van der Waals surface area contributed by atoms with Crippen molar-refractivity contribution in [3.8, 4) is 0 Å². The molecule has 1 aliphatic heterocycles. The quantitative estimate of drug-likeness (QED) is 0.801. The summed E-state index contributed by atoms with van der Waals surface area (Å²) in [6.07, 6.45) is 2.86. The van der Waals surface area contributed by atoms with Crippen LogP contribution in [-0.2, 0) is 9.84 Å². The predicted octanol–water partition coefficient (Wildman–Crippen LogP) is 3.28. The summed E-state index contributed by atoms with van der Waals surface area (Å²) in [6, 6.07) is 8.73. The van der Waals surface area contributed by atoms with Crippen LogP contribution in [0, 0.1) is 18.7 Å². The van der Waals surface area contributed by atoms with E-state index in [2.05, 4.69) is 34.7 Å². The Morgan fingerprint density at radius 2 is 1.89 bits per heavy atom. The standard InChI is InChI=1S/C20H26FN3O2S/c1-14(2)19-13-23(9-10-24(19)17-7-8-22-15(3)11-17)16-5-6-18(21)20(12-16)27(4,25)26/h5-8,11-12,14,19H,9-10,13H2,1-4H3/t19-/m0/s1. The molecule has 1 aromatic carbocycles. The summed E-state index contributed by atoms with van der Waals surface area (Å²) in [4.78, 5) is 8.56. The summed E-state index contributed by atoms with van der Waals surface area (Å²) in [7, 11) is -3.60. The van der Waals surface area contributed by atoms with Gasteiger partial charge in [-0.15, -0.1) is 0 Å². The Kier molecular flexibility index (Phi) is 5.42. The molecular formula is C20H26FN3O2S. The molecule has 1 aromatic heterocycles. The predicted molar refractivity (Wildman–Crippen MR) is 107 cm³/mol. The molecular weight excluding hydrogens is 365 g/mol. The van der Waals surface area contributed by atoms with E-state index in [0.29, 0.717) is 5.92 Å². The normalized spacial score (nSPS) is 18.2.